The van der Waals surface area contributed by atoms with E-state index in [-0.39, 0.29) is 5.82 Å². The predicted molar refractivity (Wildman–Crippen MR) is 80.1 cm³/mol. The van der Waals surface area contributed by atoms with Crippen LogP contribution in [0.2, 0.25) is 0 Å². The number of hydrogen-bond donors (Lipinski definition) is 1. The topological polar surface area (TPSA) is 23.5 Å². The zero-order valence-electron chi connectivity index (χ0n) is 12.8. The van der Waals surface area contributed by atoms with Crippen molar-refractivity contribution in [1.82, 2.24) is 4.90 Å². The Morgan fingerprint density at radius 3 is 2.80 bits per heavy atom. The third kappa shape index (κ3) is 3.80. The molecule has 3 atom stereocenters. The molecule has 1 fully saturated rings. The normalized spacial score (nSPS) is 25.6. The highest BCUT2D eigenvalue weighted by molar-refractivity contribution is 5.24. The summed E-state index contributed by atoms with van der Waals surface area (Å²) in [6, 6.07) is 5.61. The Bertz CT molecular complexity index is 449. The van der Waals surface area contributed by atoms with Gasteiger partial charge in [0.05, 0.1) is 6.10 Å². The van der Waals surface area contributed by atoms with Crippen LogP contribution in [-0.4, -0.2) is 29.1 Å². The van der Waals surface area contributed by atoms with Gasteiger partial charge in [0.15, 0.2) is 0 Å². The molecule has 0 spiro atoms. The van der Waals surface area contributed by atoms with Crippen molar-refractivity contribution in [3.8, 4) is 0 Å². The highest BCUT2D eigenvalue weighted by atomic mass is 19.1. The third-order valence-electron chi connectivity index (χ3n) is 4.52. The van der Waals surface area contributed by atoms with E-state index < -0.39 is 6.10 Å². The lowest BCUT2D eigenvalue weighted by molar-refractivity contribution is 0.0906. The van der Waals surface area contributed by atoms with Gasteiger partial charge in [-0.2, -0.15) is 0 Å². The van der Waals surface area contributed by atoms with Crippen molar-refractivity contribution in [1.29, 1.82) is 0 Å². The molecule has 1 aromatic carbocycles. The van der Waals surface area contributed by atoms with Gasteiger partial charge in [-0.3, -0.25) is 0 Å². The number of nitrogens with zero attached hydrogens (tertiary/aromatic N) is 1. The molecule has 1 aliphatic rings. The third-order valence-corrected chi connectivity index (χ3v) is 4.52. The second-order valence-electron chi connectivity index (χ2n) is 6.34. The van der Waals surface area contributed by atoms with Gasteiger partial charge in [0.25, 0.3) is 0 Å². The highest BCUT2D eigenvalue weighted by Gasteiger charge is 2.23. The number of piperidine rings is 1. The van der Waals surface area contributed by atoms with Crippen molar-refractivity contribution in [3.63, 3.8) is 0 Å². The predicted octanol–water partition coefficient (Wildman–Crippen LogP) is 3.68. The maximum absolute atomic E-state index is 13.5. The number of rotatable bonds is 4. The fourth-order valence-corrected chi connectivity index (χ4v) is 2.96. The molecule has 0 aliphatic carbocycles. The van der Waals surface area contributed by atoms with Crippen LogP contribution in [0.25, 0.3) is 0 Å². The maximum Gasteiger partial charge on any atom is 0.126 e. The Morgan fingerprint density at radius 1 is 1.35 bits per heavy atom. The van der Waals surface area contributed by atoms with Gasteiger partial charge in [-0.15, -0.1) is 0 Å². The minimum atomic E-state index is -0.575. The number of aryl methyl sites for hydroxylation is 1. The molecule has 2 rings (SSSR count). The first-order valence-corrected chi connectivity index (χ1v) is 7.65. The first-order valence-electron chi connectivity index (χ1n) is 7.65. The van der Waals surface area contributed by atoms with Gasteiger partial charge in [0.1, 0.15) is 5.82 Å². The molecule has 1 N–H and O–H groups in total. The Labute approximate surface area is 121 Å². The standard InChI is InChI=1S/C17H26FNO/c1-12-4-6-14(3)19(11-12)9-8-17(20)15-7-5-13(2)16(18)10-15/h5,7,10,12,14,17,20H,4,6,8-9,11H2,1-3H3. The summed E-state index contributed by atoms with van der Waals surface area (Å²) in [5, 5.41) is 10.2. The van der Waals surface area contributed by atoms with Gasteiger partial charge in [0.2, 0.25) is 0 Å². The van der Waals surface area contributed by atoms with Crippen LogP contribution in [0.1, 0.15) is 50.3 Å². The minimum absolute atomic E-state index is 0.235. The Kier molecular flexibility index (Phi) is 5.17. The summed E-state index contributed by atoms with van der Waals surface area (Å²) in [5.41, 5.74) is 1.31. The van der Waals surface area contributed by atoms with Crippen molar-refractivity contribution >= 4 is 0 Å². The molecule has 0 aromatic heterocycles. The van der Waals surface area contributed by atoms with E-state index in [0.29, 0.717) is 23.6 Å². The summed E-state index contributed by atoms with van der Waals surface area (Å²) in [6.45, 7) is 8.26. The Morgan fingerprint density at radius 2 is 2.10 bits per heavy atom. The van der Waals surface area contributed by atoms with Crippen LogP contribution in [0.15, 0.2) is 18.2 Å². The van der Waals surface area contributed by atoms with Crippen LogP contribution in [0.4, 0.5) is 4.39 Å². The highest BCUT2D eigenvalue weighted by Crippen LogP contribution is 2.24. The smallest absolute Gasteiger partial charge is 0.126 e. The van der Waals surface area contributed by atoms with E-state index in [1.54, 1.807) is 13.0 Å². The molecule has 1 aliphatic heterocycles. The van der Waals surface area contributed by atoms with Gasteiger partial charge in [-0.1, -0.05) is 19.1 Å². The molecule has 1 saturated heterocycles. The summed E-state index contributed by atoms with van der Waals surface area (Å²) >= 11 is 0. The second-order valence-corrected chi connectivity index (χ2v) is 6.34. The average Bonchev–Trinajstić information content (AvgIpc) is 2.42. The van der Waals surface area contributed by atoms with Crippen molar-refractivity contribution < 1.29 is 9.50 Å². The molecule has 0 amide bonds. The zero-order valence-corrected chi connectivity index (χ0v) is 12.8. The van der Waals surface area contributed by atoms with E-state index in [0.717, 1.165) is 19.0 Å². The Balaban J connectivity index is 1.90. The van der Waals surface area contributed by atoms with Crippen LogP contribution in [0, 0.1) is 18.7 Å². The summed E-state index contributed by atoms with van der Waals surface area (Å²) in [4.78, 5) is 2.45. The van der Waals surface area contributed by atoms with Crippen molar-refractivity contribution in [3.05, 3.63) is 35.1 Å². The van der Waals surface area contributed by atoms with E-state index >= 15 is 0 Å². The van der Waals surface area contributed by atoms with Gasteiger partial charge >= 0.3 is 0 Å². The molecular formula is C17H26FNO. The van der Waals surface area contributed by atoms with Gasteiger partial charge in [-0.05, 0) is 56.2 Å². The first-order chi connectivity index (χ1) is 9.47. The van der Waals surface area contributed by atoms with Gasteiger partial charge in [-0.25, -0.2) is 4.39 Å². The van der Waals surface area contributed by atoms with Crippen LogP contribution >= 0.6 is 0 Å². The summed E-state index contributed by atoms with van der Waals surface area (Å²) < 4.78 is 13.5. The average molecular weight is 279 g/mol. The fraction of sp³-hybridized carbons (Fsp3) is 0.647. The monoisotopic (exact) mass is 279 g/mol. The molecule has 1 aromatic rings. The molecule has 112 valence electrons. The molecule has 3 unspecified atom stereocenters. The lowest BCUT2D eigenvalue weighted by Gasteiger charge is -2.37. The van der Waals surface area contributed by atoms with Crippen LogP contribution in [0.3, 0.4) is 0 Å². The van der Waals surface area contributed by atoms with Gasteiger partial charge in [0, 0.05) is 19.1 Å². The molecule has 1 heterocycles. The molecule has 0 saturated carbocycles. The summed E-state index contributed by atoms with van der Waals surface area (Å²) in [5.74, 6) is 0.502. The molecule has 0 radical (unpaired) electrons. The second kappa shape index (κ2) is 6.68. The quantitative estimate of drug-likeness (QED) is 0.909. The lowest BCUT2D eigenvalue weighted by Crippen LogP contribution is -2.41. The Hall–Kier alpha value is -0.930. The first kappa shape index (κ1) is 15.5. The number of aliphatic hydroxyl groups excluding tert-OH is 1. The SMILES string of the molecule is Cc1ccc(C(O)CCN2CC(C)CCC2C)cc1F. The number of halogens is 1. The van der Waals surface area contributed by atoms with E-state index in [9.17, 15) is 9.50 Å². The van der Waals surface area contributed by atoms with E-state index in [2.05, 4.69) is 18.7 Å². The number of likely N-dealkylation sites (tertiary alicyclic amines) is 1. The van der Waals surface area contributed by atoms with Crippen molar-refractivity contribution in [2.24, 2.45) is 5.92 Å². The maximum atomic E-state index is 13.5. The van der Waals surface area contributed by atoms with E-state index in [4.69, 9.17) is 0 Å². The molecule has 0 bridgehead atoms. The van der Waals surface area contributed by atoms with E-state index in [1.807, 2.05) is 6.07 Å². The van der Waals surface area contributed by atoms with Crippen LogP contribution < -0.4 is 0 Å². The largest absolute Gasteiger partial charge is 0.388 e. The number of benzene rings is 1. The zero-order chi connectivity index (χ0) is 14.7. The molecular weight excluding hydrogens is 253 g/mol. The number of aliphatic hydroxyl groups is 1. The lowest BCUT2D eigenvalue weighted by atomic mass is 9.94. The minimum Gasteiger partial charge on any atom is -0.388 e. The summed E-state index contributed by atoms with van der Waals surface area (Å²) in [7, 11) is 0. The van der Waals surface area contributed by atoms with Crippen molar-refractivity contribution in [2.45, 2.75) is 52.2 Å². The fourth-order valence-electron chi connectivity index (χ4n) is 2.96. The molecule has 2 nitrogen and oxygen atoms in total. The molecule has 20 heavy (non-hydrogen) atoms. The molecule has 3 heteroatoms. The van der Waals surface area contributed by atoms with Crippen LogP contribution in [0.5, 0.6) is 0 Å². The summed E-state index contributed by atoms with van der Waals surface area (Å²) in [6.07, 6.45) is 2.62. The number of hydrogen-bond acceptors (Lipinski definition) is 2. The van der Waals surface area contributed by atoms with Crippen molar-refractivity contribution in [2.75, 3.05) is 13.1 Å². The van der Waals surface area contributed by atoms with E-state index in [1.165, 1.54) is 18.9 Å². The van der Waals surface area contributed by atoms with Gasteiger partial charge < -0.3 is 10.0 Å². The van der Waals surface area contributed by atoms with Crippen LogP contribution in [-0.2, 0) is 0 Å².